The van der Waals surface area contributed by atoms with Gasteiger partial charge in [-0.2, -0.15) is 0 Å². The molecule has 0 aliphatic carbocycles. The van der Waals surface area contributed by atoms with Crippen LogP contribution in [0, 0.1) is 11.3 Å². The SMILES string of the molecule is CC(C)CC(C)(C)C[C@@H](C)N. The average molecular weight is 157 g/mol. The highest BCUT2D eigenvalue weighted by Gasteiger charge is 2.20. The van der Waals surface area contributed by atoms with Crippen LogP contribution in [-0.4, -0.2) is 6.04 Å². The van der Waals surface area contributed by atoms with Gasteiger partial charge in [0, 0.05) is 6.04 Å². The summed E-state index contributed by atoms with van der Waals surface area (Å²) in [5.41, 5.74) is 6.17. The molecule has 1 heteroatoms. The third-order valence-electron chi connectivity index (χ3n) is 1.84. The second-order valence-electron chi connectivity index (χ2n) is 4.94. The molecule has 1 atom stereocenters. The molecular weight excluding hydrogens is 134 g/mol. The summed E-state index contributed by atoms with van der Waals surface area (Å²) >= 11 is 0. The zero-order valence-electron chi connectivity index (χ0n) is 8.65. The maximum Gasteiger partial charge on any atom is 0.00155 e. The lowest BCUT2D eigenvalue weighted by Crippen LogP contribution is -2.26. The Morgan fingerprint density at radius 3 is 1.82 bits per heavy atom. The molecule has 0 unspecified atom stereocenters. The van der Waals surface area contributed by atoms with E-state index in [1.54, 1.807) is 0 Å². The van der Waals surface area contributed by atoms with Crippen LogP contribution in [0.4, 0.5) is 0 Å². The first kappa shape index (κ1) is 11.0. The van der Waals surface area contributed by atoms with Gasteiger partial charge in [0.05, 0.1) is 0 Å². The van der Waals surface area contributed by atoms with E-state index in [-0.39, 0.29) is 0 Å². The van der Waals surface area contributed by atoms with E-state index in [0.717, 1.165) is 12.3 Å². The van der Waals surface area contributed by atoms with Crippen LogP contribution in [0.2, 0.25) is 0 Å². The maximum absolute atomic E-state index is 5.75. The van der Waals surface area contributed by atoms with E-state index >= 15 is 0 Å². The lowest BCUT2D eigenvalue weighted by atomic mass is 9.79. The van der Waals surface area contributed by atoms with Gasteiger partial charge in [0.1, 0.15) is 0 Å². The maximum atomic E-state index is 5.75. The Hall–Kier alpha value is -0.0400. The van der Waals surface area contributed by atoms with Crippen molar-refractivity contribution in [1.82, 2.24) is 0 Å². The second kappa shape index (κ2) is 4.10. The molecule has 0 fully saturated rings. The van der Waals surface area contributed by atoms with E-state index in [2.05, 4.69) is 34.6 Å². The molecule has 0 saturated heterocycles. The van der Waals surface area contributed by atoms with Crippen molar-refractivity contribution >= 4 is 0 Å². The standard InChI is InChI=1S/C10H23N/c1-8(2)6-10(4,5)7-9(3)11/h8-9H,6-7,11H2,1-5H3/t9-/m1/s1. The van der Waals surface area contributed by atoms with Crippen LogP contribution in [0.3, 0.4) is 0 Å². The molecule has 0 aliphatic heterocycles. The van der Waals surface area contributed by atoms with Crippen LogP contribution in [0.15, 0.2) is 0 Å². The van der Waals surface area contributed by atoms with Crippen LogP contribution in [0.1, 0.15) is 47.5 Å². The molecule has 68 valence electrons. The third kappa shape index (κ3) is 6.36. The van der Waals surface area contributed by atoms with E-state index < -0.39 is 0 Å². The highest BCUT2D eigenvalue weighted by atomic mass is 14.6. The van der Waals surface area contributed by atoms with Crippen molar-refractivity contribution in [2.24, 2.45) is 17.1 Å². The molecule has 0 amide bonds. The Morgan fingerprint density at radius 1 is 1.09 bits per heavy atom. The van der Waals surface area contributed by atoms with Gasteiger partial charge in [-0.1, -0.05) is 27.7 Å². The molecule has 0 spiro atoms. The van der Waals surface area contributed by atoms with Gasteiger partial charge in [-0.3, -0.25) is 0 Å². The summed E-state index contributed by atoms with van der Waals surface area (Å²) in [6.07, 6.45) is 2.40. The minimum atomic E-state index is 0.337. The van der Waals surface area contributed by atoms with E-state index in [1.165, 1.54) is 6.42 Å². The van der Waals surface area contributed by atoms with Crippen molar-refractivity contribution < 1.29 is 0 Å². The zero-order valence-corrected chi connectivity index (χ0v) is 8.65. The molecule has 0 bridgehead atoms. The quantitative estimate of drug-likeness (QED) is 0.667. The molecule has 2 N–H and O–H groups in total. The summed E-state index contributed by atoms with van der Waals surface area (Å²) in [7, 11) is 0. The molecule has 0 heterocycles. The van der Waals surface area contributed by atoms with Crippen molar-refractivity contribution in [1.29, 1.82) is 0 Å². The average Bonchev–Trinajstić information content (AvgIpc) is 1.53. The number of hydrogen-bond acceptors (Lipinski definition) is 1. The van der Waals surface area contributed by atoms with E-state index in [1.807, 2.05) is 0 Å². The molecule has 0 aliphatic rings. The monoisotopic (exact) mass is 157 g/mol. The van der Waals surface area contributed by atoms with Crippen LogP contribution in [0.5, 0.6) is 0 Å². The number of rotatable bonds is 4. The van der Waals surface area contributed by atoms with Gasteiger partial charge in [-0.15, -0.1) is 0 Å². The fourth-order valence-electron chi connectivity index (χ4n) is 2.06. The Labute approximate surface area is 71.4 Å². The van der Waals surface area contributed by atoms with Gasteiger partial charge < -0.3 is 5.73 Å². The fraction of sp³-hybridized carbons (Fsp3) is 1.00. The highest BCUT2D eigenvalue weighted by Crippen LogP contribution is 2.29. The first-order valence-electron chi connectivity index (χ1n) is 4.59. The summed E-state index contributed by atoms with van der Waals surface area (Å²) in [5, 5.41) is 0. The van der Waals surface area contributed by atoms with Gasteiger partial charge in [0.15, 0.2) is 0 Å². The highest BCUT2D eigenvalue weighted by molar-refractivity contribution is 4.74. The fourth-order valence-corrected chi connectivity index (χ4v) is 2.06. The predicted molar refractivity (Wildman–Crippen MR) is 51.5 cm³/mol. The number of nitrogens with two attached hydrogens (primary N) is 1. The molecular formula is C10H23N. The van der Waals surface area contributed by atoms with Crippen molar-refractivity contribution in [3.05, 3.63) is 0 Å². The molecule has 0 saturated carbocycles. The first-order valence-corrected chi connectivity index (χ1v) is 4.59. The van der Waals surface area contributed by atoms with Gasteiger partial charge >= 0.3 is 0 Å². The third-order valence-corrected chi connectivity index (χ3v) is 1.84. The van der Waals surface area contributed by atoms with Gasteiger partial charge in [0.2, 0.25) is 0 Å². The molecule has 0 radical (unpaired) electrons. The van der Waals surface area contributed by atoms with E-state index in [4.69, 9.17) is 5.73 Å². The van der Waals surface area contributed by atoms with Crippen molar-refractivity contribution in [3.8, 4) is 0 Å². The normalized spacial score (nSPS) is 15.5. The van der Waals surface area contributed by atoms with Gasteiger partial charge in [-0.25, -0.2) is 0 Å². The summed E-state index contributed by atoms with van der Waals surface area (Å²) in [6, 6.07) is 0.337. The van der Waals surface area contributed by atoms with Gasteiger partial charge in [-0.05, 0) is 31.1 Å². The zero-order chi connectivity index (χ0) is 9.07. The predicted octanol–water partition coefficient (Wildman–Crippen LogP) is 2.80. The Kier molecular flexibility index (Phi) is 4.09. The minimum Gasteiger partial charge on any atom is -0.328 e. The van der Waals surface area contributed by atoms with Crippen molar-refractivity contribution in [2.75, 3.05) is 0 Å². The van der Waals surface area contributed by atoms with Crippen LogP contribution >= 0.6 is 0 Å². The molecule has 1 nitrogen and oxygen atoms in total. The Balaban J connectivity index is 3.79. The molecule has 11 heavy (non-hydrogen) atoms. The van der Waals surface area contributed by atoms with E-state index in [0.29, 0.717) is 11.5 Å². The minimum absolute atomic E-state index is 0.337. The van der Waals surface area contributed by atoms with Crippen LogP contribution in [-0.2, 0) is 0 Å². The van der Waals surface area contributed by atoms with Gasteiger partial charge in [0.25, 0.3) is 0 Å². The summed E-state index contributed by atoms with van der Waals surface area (Å²) < 4.78 is 0. The largest absolute Gasteiger partial charge is 0.328 e. The summed E-state index contributed by atoms with van der Waals surface area (Å²) in [6.45, 7) is 11.2. The van der Waals surface area contributed by atoms with Crippen molar-refractivity contribution in [2.45, 2.75) is 53.5 Å². The lowest BCUT2D eigenvalue weighted by molar-refractivity contribution is 0.250. The smallest absolute Gasteiger partial charge is 0.00155 e. The number of hydrogen-bond donors (Lipinski definition) is 1. The van der Waals surface area contributed by atoms with Crippen LogP contribution in [0.25, 0.3) is 0 Å². The van der Waals surface area contributed by atoms with Crippen molar-refractivity contribution in [3.63, 3.8) is 0 Å². The second-order valence-corrected chi connectivity index (χ2v) is 4.94. The Bertz CT molecular complexity index is 91.4. The van der Waals surface area contributed by atoms with Crippen LogP contribution < -0.4 is 5.73 Å². The van der Waals surface area contributed by atoms with E-state index in [9.17, 15) is 0 Å². The molecule has 0 aromatic heterocycles. The summed E-state index contributed by atoms with van der Waals surface area (Å²) in [5.74, 6) is 0.781. The first-order chi connectivity index (χ1) is 4.83. The Morgan fingerprint density at radius 2 is 1.55 bits per heavy atom. The topological polar surface area (TPSA) is 26.0 Å². The summed E-state index contributed by atoms with van der Waals surface area (Å²) in [4.78, 5) is 0. The molecule has 0 aromatic carbocycles. The molecule has 0 rings (SSSR count). The molecule has 0 aromatic rings. The lowest BCUT2D eigenvalue weighted by Gasteiger charge is -2.28.